The zero-order valence-electron chi connectivity index (χ0n) is 7.77. The van der Waals surface area contributed by atoms with Gasteiger partial charge in [-0.05, 0) is 19.3 Å². The second kappa shape index (κ2) is 4.42. The second-order valence-corrected chi connectivity index (χ2v) is 3.18. The number of hydrogen-bond acceptors (Lipinski definition) is 1. The van der Waals surface area contributed by atoms with E-state index >= 15 is 0 Å². The topological polar surface area (TPSA) is 3.24 Å². The Kier molecular flexibility index (Phi) is 3.47. The minimum atomic E-state index is 1.21. The van der Waals surface area contributed by atoms with Crippen LogP contribution in [0.2, 0.25) is 0 Å². The molecule has 1 heteroatoms. The highest BCUT2D eigenvalue weighted by atomic mass is 15.1. The maximum atomic E-state index is 2.53. The fourth-order valence-corrected chi connectivity index (χ4v) is 1.63. The Morgan fingerprint density at radius 3 is 2.91 bits per heavy atom. The lowest BCUT2D eigenvalue weighted by Crippen LogP contribution is -2.20. The molecular weight excluding hydrogens is 134 g/mol. The lowest BCUT2D eigenvalue weighted by atomic mass is 10.3. The first kappa shape index (κ1) is 8.63. The van der Waals surface area contributed by atoms with Crippen molar-refractivity contribution in [1.29, 1.82) is 0 Å². The van der Waals surface area contributed by atoms with Crippen LogP contribution in [0.15, 0.2) is 11.8 Å². The van der Waals surface area contributed by atoms with Gasteiger partial charge in [-0.3, -0.25) is 0 Å². The Hall–Kier alpha value is -0.460. The van der Waals surface area contributed by atoms with E-state index in [2.05, 4.69) is 24.8 Å². The summed E-state index contributed by atoms with van der Waals surface area (Å²) >= 11 is 0. The zero-order chi connectivity index (χ0) is 8.10. The summed E-state index contributed by atoms with van der Waals surface area (Å²) in [5.41, 5.74) is 1.57. The molecule has 0 aromatic carbocycles. The van der Waals surface area contributed by atoms with E-state index in [1.165, 1.54) is 38.8 Å². The summed E-state index contributed by atoms with van der Waals surface area (Å²) in [7, 11) is 0. The minimum absolute atomic E-state index is 1.21. The smallest absolute Gasteiger partial charge is 0.0210 e. The monoisotopic (exact) mass is 153 g/mol. The van der Waals surface area contributed by atoms with Crippen LogP contribution in [-0.2, 0) is 0 Å². The predicted octanol–water partition coefficient (Wildman–Crippen LogP) is 2.79. The van der Waals surface area contributed by atoms with Crippen LogP contribution in [0, 0.1) is 0 Å². The van der Waals surface area contributed by atoms with Crippen LogP contribution in [-0.4, -0.2) is 18.0 Å². The van der Waals surface area contributed by atoms with Gasteiger partial charge in [0, 0.05) is 18.8 Å². The molecule has 0 N–H and O–H groups in total. The molecular formula is C10H19N. The van der Waals surface area contributed by atoms with Crippen LogP contribution < -0.4 is 0 Å². The van der Waals surface area contributed by atoms with Gasteiger partial charge in [-0.25, -0.2) is 0 Å². The van der Waals surface area contributed by atoms with Crippen LogP contribution in [0.5, 0.6) is 0 Å². The molecule has 1 aliphatic heterocycles. The highest BCUT2D eigenvalue weighted by Crippen LogP contribution is 2.17. The average Bonchev–Trinajstić information content (AvgIpc) is 2.47. The molecule has 0 fully saturated rings. The maximum Gasteiger partial charge on any atom is 0.0210 e. The lowest BCUT2D eigenvalue weighted by Gasteiger charge is -2.20. The quantitative estimate of drug-likeness (QED) is 0.600. The number of nitrogens with zero attached hydrogens (tertiary/aromatic N) is 1. The second-order valence-electron chi connectivity index (χ2n) is 3.18. The molecule has 1 rings (SSSR count). The number of allylic oxidation sites excluding steroid dienone is 1. The first-order valence-corrected chi connectivity index (χ1v) is 4.82. The van der Waals surface area contributed by atoms with Gasteiger partial charge in [-0.2, -0.15) is 0 Å². The van der Waals surface area contributed by atoms with Gasteiger partial charge in [-0.1, -0.05) is 26.3 Å². The van der Waals surface area contributed by atoms with E-state index < -0.39 is 0 Å². The summed E-state index contributed by atoms with van der Waals surface area (Å²) in [4.78, 5) is 2.53. The molecule has 0 aromatic heterocycles. The normalized spacial score (nSPS) is 17.3. The van der Waals surface area contributed by atoms with Crippen molar-refractivity contribution in [3.8, 4) is 0 Å². The highest BCUT2D eigenvalue weighted by molar-refractivity contribution is 5.06. The molecule has 0 unspecified atom stereocenters. The summed E-state index contributed by atoms with van der Waals surface area (Å²) in [5, 5.41) is 0. The van der Waals surface area contributed by atoms with Gasteiger partial charge in [0.2, 0.25) is 0 Å². The molecule has 0 atom stereocenters. The molecule has 11 heavy (non-hydrogen) atoms. The first-order chi connectivity index (χ1) is 5.38. The highest BCUT2D eigenvalue weighted by Gasteiger charge is 2.11. The third-order valence-electron chi connectivity index (χ3n) is 2.33. The Morgan fingerprint density at radius 1 is 1.45 bits per heavy atom. The Bertz CT molecular complexity index is 138. The summed E-state index contributed by atoms with van der Waals surface area (Å²) in [5.74, 6) is 0. The average molecular weight is 153 g/mol. The van der Waals surface area contributed by atoms with Gasteiger partial charge in [0.25, 0.3) is 0 Å². The van der Waals surface area contributed by atoms with Gasteiger partial charge >= 0.3 is 0 Å². The summed E-state index contributed by atoms with van der Waals surface area (Å²) in [6, 6.07) is 0. The molecule has 0 radical (unpaired) electrons. The minimum Gasteiger partial charge on any atom is -0.375 e. The molecule has 1 aliphatic rings. The van der Waals surface area contributed by atoms with Crippen molar-refractivity contribution in [2.45, 2.75) is 39.5 Å². The molecule has 0 spiro atoms. The van der Waals surface area contributed by atoms with Crippen LogP contribution in [0.25, 0.3) is 0 Å². The molecule has 0 amide bonds. The van der Waals surface area contributed by atoms with E-state index in [1.54, 1.807) is 5.70 Å². The van der Waals surface area contributed by atoms with Crippen LogP contribution >= 0.6 is 0 Å². The molecule has 1 nitrogen and oxygen atoms in total. The van der Waals surface area contributed by atoms with E-state index in [4.69, 9.17) is 0 Å². The molecule has 0 saturated carbocycles. The van der Waals surface area contributed by atoms with Crippen LogP contribution in [0.3, 0.4) is 0 Å². The molecule has 0 aliphatic carbocycles. The Balaban J connectivity index is 2.28. The third kappa shape index (κ3) is 2.25. The van der Waals surface area contributed by atoms with Gasteiger partial charge in [-0.15, -0.1) is 0 Å². The number of hydrogen-bond donors (Lipinski definition) is 0. The SMILES string of the molecule is CCCCN1CCC=C1CC. The van der Waals surface area contributed by atoms with Gasteiger partial charge in [0.1, 0.15) is 0 Å². The first-order valence-electron chi connectivity index (χ1n) is 4.82. The number of rotatable bonds is 4. The Labute approximate surface area is 70.1 Å². The fourth-order valence-electron chi connectivity index (χ4n) is 1.63. The molecule has 0 bridgehead atoms. The molecule has 0 aromatic rings. The van der Waals surface area contributed by atoms with Crippen molar-refractivity contribution in [3.05, 3.63) is 11.8 Å². The van der Waals surface area contributed by atoms with E-state index in [0.717, 1.165) is 0 Å². The van der Waals surface area contributed by atoms with Gasteiger partial charge in [0.05, 0.1) is 0 Å². The largest absolute Gasteiger partial charge is 0.375 e. The van der Waals surface area contributed by atoms with Gasteiger partial charge < -0.3 is 4.90 Å². The maximum absolute atomic E-state index is 2.53. The van der Waals surface area contributed by atoms with Crippen molar-refractivity contribution in [2.75, 3.05) is 13.1 Å². The van der Waals surface area contributed by atoms with Crippen molar-refractivity contribution < 1.29 is 0 Å². The van der Waals surface area contributed by atoms with Crippen molar-refractivity contribution in [3.63, 3.8) is 0 Å². The van der Waals surface area contributed by atoms with E-state index in [0.29, 0.717) is 0 Å². The van der Waals surface area contributed by atoms with Crippen LogP contribution in [0.4, 0.5) is 0 Å². The van der Waals surface area contributed by atoms with Crippen LogP contribution in [0.1, 0.15) is 39.5 Å². The van der Waals surface area contributed by atoms with Crippen molar-refractivity contribution >= 4 is 0 Å². The predicted molar refractivity (Wildman–Crippen MR) is 49.5 cm³/mol. The van der Waals surface area contributed by atoms with Gasteiger partial charge in [0.15, 0.2) is 0 Å². The summed E-state index contributed by atoms with van der Waals surface area (Å²) in [6.45, 7) is 7.04. The number of unbranched alkanes of at least 4 members (excludes halogenated alkanes) is 1. The molecule has 1 heterocycles. The summed E-state index contributed by atoms with van der Waals surface area (Å²) < 4.78 is 0. The van der Waals surface area contributed by atoms with E-state index in [-0.39, 0.29) is 0 Å². The van der Waals surface area contributed by atoms with Crippen molar-refractivity contribution in [1.82, 2.24) is 4.90 Å². The summed E-state index contributed by atoms with van der Waals surface area (Å²) in [6.07, 6.45) is 7.52. The van der Waals surface area contributed by atoms with Crippen molar-refractivity contribution in [2.24, 2.45) is 0 Å². The Morgan fingerprint density at radius 2 is 2.27 bits per heavy atom. The fraction of sp³-hybridized carbons (Fsp3) is 0.800. The van der Waals surface area contributed by atoms with E-state index in [9.17, 15) is 0 Å². The lowest BCUT2D eigenvalue weighted by molar-refractivity contribution is 0.359. The standard InChI is InChI=1S/C10H19N/c1-3-5-8-11-9-6-7-10(11)4-2/h7H,3-6,8-9H2,1-2H3. The molecule has 64 valence electrons. The third-order valence-corrected chi connectivity index (χ3v) is 2.33. The zero-order valence-corrected chi connectivity index (χ0v) is 7.77. The van der Waals surface area contributed by atoms with E-state index in [1.807, 2.05) is 0 Å². The molecule has 0 saturated heterocycles.